The molecule has 1 aromatic carbocycles. The molecular formula is C16H19F3N2O3S. The monoisotopic (exact) mass is 376 g/mol. The van der Waals surface area contributed by atoms with E-state index in [-0.39, 0.29) is 31.0 Å². The van der Waals surface area contributed by atoms with Crippen LogP contribution >= 0.6 is 0 Å². The zero-order valence-corrected chi connectivity index (χ0v) is 14.2. The number of hydrogen-bond donors (Lipinski definition) is 1. The van der Waals surface area contributed by atoms with Crippen LogP contribution in [0.2, 0.25) is 0 Å². The predicted molar refractivity (Wildman–Crippen MR) is 84.1 cm³/mol. The van der Waals surface area contributed by atoms with E-state index >= 15 is 0 Å². The van der Waals surface area contributed by atoms with Gasteiger partial charge in [0, 0.05) is 25.0 Å². The minimum atomic E-state index is -4.74. The van der Waals surface area contributed by atoms with Crippen molar-refractivity contribution in [1.82, 2.24) is 9.62 Å². The number of nitrogens with one attached hydrogen (secondary N) is 1. The summed E-state index contributed by atoms with van der Waals surface area (Å²) in [7, 11) is -4.25. The van der Waals surface area contributed by atoms with Gasteiger partial charge in [-0.3, -0.25) is 4.79 Å². The molecule has 0 radical (unpaired) electrons. The zero-order chi connectivity index (χ0) is 18.2. The van der Waals surface area contributed by atoms with Crippen molar-refractivity contribution in [2.45, 2.75) is 42.8 Å². The van der Waals surface area contributed by atoms with Crippen LogP contribution in [-0.4, -0.2) is 37.8 Å². The van der Waals surface area contributed by atoms with Gasteiger partial charge in [0.05, 0.1) is 10.5 Å². The normalized spacial score (nSPS) is 20.4. The van der Waals surface area contributed by atoms with Gasteiger partial charge >= 0.3 is 6.18 Å². The van der Waals surface area contributed by atoms with Gasteiger partial charge in [-0.1, -0.05) is 12.1 Å². The summed E-state index contributed by atoms with van der Waals surface area (Å²) in [6, 6.07) is 4.41. The number of carbonyl (C=O) groups excluding carboxylic acids is 1. The Morgan fingerprint density at radius 3 is 2.24 bits per heavy atom. The number of hydrogen-bond acceptors (Lipinski definition) is 3. The van der Waals surface area contributed by atoms with Crippen molar-refractivity contribution in [3.05, 3.63) is 29.8 Å². The van der Waals surface area contributed by atoms with Crippen LogP contribution in [0, 0.1) is 5.92 Å². The van der Waals surface area contributed by atoms with Gasteiger partial charge in [-0.25, -0.2) is 8.42 Å². The lowest BCUT2D eigenvalue weighted by Crippen LogP contribution is -2.43. The van der Waals surface area contributed by atoms with E-state index in [1.165, 1.54) is 6.07 Å². The van der Waals surface area contributed by atoms with Crippen LogP contribution in [0.15, 0.2) is 29.2 Å². The quantitative estimate of drug-likeness (QED) is 0.878. The Labute approximate surface area is 144 Å². The molecule has 1 N–H and O–H groups in total. The summed E-state index contributed by atoms with van der Waals surface area (Å²) in [6.45, 7) is 0.0779. The highest BCUT2D eigenvalue weighted by Gasteiger charge is 2.40. The Bertz CT molecular complexity index is 752. The SMILES string of the molecule is O=C(NC1CC1)C1CCN(S(=O)(=O)c2ccccc2C(F)(F)F)CC1. The van der Waals surface area contributed by atoms with E-state index < -0.39 is 26.7 Å². The molecule has 5 nitrogen and oxygen atoms in total. The van der Waals surface area contributed by atoms with E-state index in [1.807, 2.05) is 0 Å². The van der Waals surface area contributed by atoms with Gasteiger partial charge in [-0.2, -0.15) is 17.5 Å². The standard InChI is InChI=1S/C16H19F3N2O3S/c17-16(18,19)13-3-1-2-4-14(13)25(23,24)21-9-7-11(8-10-21)15(22)20-12-5-6-12/h1-4,11-12H,5-10H2,(H,20,22). The van der Waals surface area contributed by atoms with E-state index in [1.54, 1.807) is 0 Å². The summed E-state index contributed by atoms with van der Waals surface area (Å²) in [5.74, 6) is -0.375. The molecule has 1 saturated carbocycles. The molecule has 1 amide bonds. The fourth-order valence-electron chi connectivity index (χ4n) is 2.97. The number of rotatable bonds is 4. The molecule has 1 saturated heterocycles. The molecule has 0 unspecified atom stereocenters. The van der Waals surface area contributed by atoms with Gasteiger partial charge in [0.15, 0.2) is 0 Å². The number of alkyl halides is 3. The molecule has 138 valence electrons. The molecule has 1 heterocycles. The number of nitrogens with zero attached hydrogens (tertiary/aromatic N) is 1. The van der Waals surface area contributed by atoms with Crippen LogP contribution in [0.25, 0.3) is 0 Å². The number of benzene rings is 1. The molecule has 0 bridgehead atoms. The molecule has 9 heteroatoms. The molecule has 25 heavy (non-hydrogen) atoms. The van der Waals surface area contributed by atoms with Crippen LogP contribution in [0.4, 0.5) is 13.2 Å². The lowest BCUT2D eigenvalue weighted by molar-refractivity contribution is -0.139. The Morgan fingerprint density at radius 2 is 1.68 bits per heavy atom. The smallest absolute Gasteiger partial charge is 0.353 e. The van der Waals surface area contributed by atoms with Gasteiger partial charge in [0.25, 0.3) is 0 Å². The van der Waals surface area contributed by atoms with Crippen molar-refractivity contribution >= 4 is 15.9 Å². The number of halogens is 3. The van der Waals surface area contributed by atoms with Crippen molar-refractivity contribution in [1.29, 1.82) is 0 Å². The highest BCUT2D eigenvalue weighted by atomic mass is 32.2. The second-order valence-corrected chi connectivity index (χ2v) is 8.36. The Hall–Kier alpha value is -1.61. The topological polar surface area (TPSA) is 66.5 Å². The maximum absolute atomic E-state index is 13.1. The summed E-state index contributed by atoms with van der Waals surface area (Å²) in [4.78, 5) is 11.3. The van der Waals surface area contributed by atoms with Crippen molar-refractivity contribution in [2.75, 3.05) is 13.1 Å². The maximum atomic E-state index is 13.1. The second kappa shape index (κ2) is 6.60. The summed E-state index contributed by atoms with van der Waals surface area (Å²) >= 11 is 0. The number of carbonyl (C=O) groups is 1. The van der Waals surface area contributed by atoms with Crippen molar-refractivity contribution < 1.29 is 26.4 Å². The average Bonchev–Trinajstić information content (AvgIpc) is 3.38. The third-order valence-electron chi connectivity index (χ3n) is 4.56. The van der Waals surface area contributed by atoms with E-state index in [9.17, 15) is 26.4 Å². The minimum absolute atomic E-state index is 0.0390. The Morgan fingerprint density at radius 1 is 1.08 bits per heavy atom. The Kier molecular flexibility index (Phi) is 4.80. The number of sulfonamides is 1. The Balaban J connectivity index is 1.73. The summed E-state index contributed by atoms with van der Waals surface area (Å²) in [5, 5.41) is 2.88. The summed E-state index contributed by atoms with van der Waals surface area (Å²) in [6.07, 6.45) is -2.19. The van der Waals surface area contributed by atoms with Gasteiger partial charge in [0.2, 0.25) is 15.9 Å². The molecular weight excluding hydrogens is 357 g/mol. The first-order chi connectivity index (χ1) is 11.7. The highest BCUT2D eigenvalue weighted by Crippen LogP contribution is 2.36. The van der Waals surface area contributed by atoms with Crippen LogP contribution < -0.4 is 5.32 Å². The predicted octanol–water partition coefficient (Wildman–Crippen LogP) is 2.38. The molecule has 1 aromatic rings. The van der Waals surface area contributed by atoms with E-state index in [2.05, 4.69) is 5.32 Å². The fourth-order valence-corrected chi connectivity index (χ4v) is 4.65. The van der Waals surface area contributed by atoms with Crippen molar-refractivity contribution in [3.63, 3.8) is 0 Å². The first-order valence-corrected chi connectivity index (χ1v) is 9.60. The molecule has 3 rings (SSSR count). The maximum Gasteiger partial charge on any atom is 0.417 e. The minimum Gasteiger partial charge on any atom is -0.353 e. The lowest BCUT2D eigenvalue weighted by atomic mass is 9.97. The fraction of sp³-hybridized carbons (Fsp3) is 0.562. The first-order valence-electron chi connectivity index (χ1n) is 8.16. The molecule has 0 aromatic heterocycles. The molecule has 0 atom stereocenters. The number of piperidine rings is 1. The van der Waals surface area contributed by atoms with Crippen LogP contribution in [0.3, 0.4) is 0 Å². The zero-order valence-electron chi connectivity index (χ0n) is 13.4. The lowest BCUT2D eigenvalue weighted by Gasteiger charge is -2.31. The van der Waals surface area contributed by atoms with E-state index in [0.29, 0.717) is 12.8 Å². The van der Waals surface area contributed by atoms with Crippen LogP contribution in [-0.2, 0) is 21.0 Å². The van der Waals surface area contributed by atoms with Gasteiger partial charge in [-0.15, -0.1) is 0 Å². The van der Waals surface area contributed by atoms with Crippen molar-refractivity contribution in [2.24, 2.45) is 5.92 Å². The number of amides is 1. The van der Waals surface area contributed by atoms with Gasteiger partial charge in [-0.05, 0) is 37.8 Å². The van der Waals surface area contributed by atoms with Crippen molar-refractivity contribution in [3.8, 4) is 0 Å². The largest absolute Gasteiger partial charge is 0.417 e. The first kappa shape index (κ1) is 18.2. The van der Waals surface area contributed by atoms with Gasteiger partial charge < -0.3 is 5.32 Å². The van der Waals surface area contributed by atoms with E-state index in [0.717, 1.165) is 35.3 Å². The van der Waals surface area contributed by atoms with Crippen LogP contribution in [0.5, 0.6) is 0 Å². The highest BCUT2D eigenvalue weighted by molar-refractivity contribution is 7.89. The van der Waals surface area contributed by atoms with Gasteiger partial charge in [0.1, 0.15) is 0 Å². The average molecular weight is 376 g/mol. The molecule has 0 spiro atoms. The molecule has 1 aliphatic heterocycles. The second-order valence-electron chi connectivity index (χ2n) is 6.46. The van der Waals surface area contributed by atoms with Crippen LogP contribution in [0.1, 0.15) is 31.2 Å². The summed E-state index contributed by atoms with van der Waals surface area (Å²) < 4.78 is 65.6. The van der Waals surface area contributed by atoms with E-state index in [4.69, 9.17) is 0 Å². The third kappa shape index (κ3) is 3.98. The molecule has 1 aliphatic carbocycles. The summed E-state index contributed by atoms with van der Waals surface area (Å²) in [5.41, 5.74) is -1.16. The molecule has 2 aliphatic rings. The third-order valence-corrected chi connectivity index (χ3v) is 6.52. The molecule has 2 fully saturated rings.